The van der Waals surface area contributed by atoms with E-state index in [0.29, 0.717) is 5.56 Å². The fourth-order valence-corrected chi connectivity index (χ4v) is 2.14. The van der Waals surface area contributed by atoms with Crippen molar-refractivity contribution in [2.75, 3.05) is 0 Å². The van der Waals surface area contributed by atoms with E-state index in [9.17, 15) is 13.2 Å². The number of hydrogen-bond donors (Lipinski definition) is 0. The first-order chi connectivity index (χ1) is 9.90. The number of alkyl halides is 4. The molecule has 0 aliphatic carbocycles. The molecule has 112 valence electrons. The predicted molar refractivity (Wildman–Crippen MR) is 76.5 cm³/mol. The molecule has 0 saturated carbocycles. The van der Waals surface area contributed by atoms with Crippen LogP contribution in [0.4, 0.5) is 13.2 Å². The molecule has 1 nitrogen and oxygen atoms in total. The Balaban J connectivity index is 2.23. The Hall–Kier alpha value is -1.68. The van der Waals surface area contributed by atoms with Crippen molar-refractivity contribution in [3.63, 3.8) is 0 Å². The molecule has 0 N–H and O–H groups in total. The van der Waals surface area contributed by atoms with Gasteiger partial charge in [-0.1, -0.05) is 35.9 Å². The van der Waals surface area contributed by atoms with Gasteiger partial charge in [-0.2, -0.15) is 13.2 Å². The average Bonchev–Trinajstić information content (AvgIpc) is 2.44. The van der Waals surface area contributed by atoms with Gasteiger partial charge in [-0.25, -0.2) is 0 Å². The summed E-state index contributed by atoms with van der Waals surface area (Å²) in [7, 11) is 0. The van der Waals surface area contributed by atoms with E-state index in [-0.39, 0.29) is 18.2 Å². The van der Waals surface area contributed by atoms with Crippen LogP contribution < -0.4 is 4.74 Å². The van der Waals surface area contributed by atoms with Gasteiger partial charge in [0.2, 0.25) is 0 Å². The van der Waals surface area contributed by atoms with Crippen LogP contribution in [0.1, 0.15) is 22.3 Å². The zero-order chi connectivity index (χ0) is 15.5. The molecule has 0 bridgehead atoms. The smallest absolute Gasteiger partial charge is 0.419 e. The molecule has 0 aromatic heterocycles. The predicted octanol–water partition coefficient (Wildman–Crippen LogP) is 5.33. The van der Waals surface area contributed by atoms with E-state index < -0.39 is 11.7 Å². The molecule has 0 spiro atoms. The quantitative estimate of drug-likeness (QED) is 0.693. The largest absolute Gasteiger partial charge is 0.488 e. The summed E-state index contributed by atoms with van der Waals surface area (Å²) in [6.07, 6.45) is -4.47. The van der Waals surface area contributed by atoms with Gasteiger partial charge in [-0.05, 0) is 30.2 Å². The first-order valence-electron chi connectivity index (χ1n) is 6.34. The SMILES string of the molecule is Cc1cccc(COc2ccc(CCl)cc2C(F)(F)F)c1. The Morgan fingerprint density at radius 1 is 1.05 bits per heavy atom. The molecule has 0 saturated heterocycles. The molecule has 0 aliphatic heterocycles. The molecular formula is C16H14ClF3O. The van der Waals surface area contributed by atoms with Crippen LogP contribution in [0, 0.1) is 6.92 Å². The molecule has 21 heavy (non-hydrogen) atoms. The van der Waals surface area contributed by atoms with E-state index in [1.54, 1.807) is 0 Å². The van der Waals surface area contributed by atoms with Crippen molar-refractivity contribution in [1.29, 1.82) is 0 Å². The van der Waals surface area contributed by atoms with Crippen LogP contribution in [0.15, 0.2) is 42.5 Å². The molecule has 2 aromatic rings. The summed E-state index contributed by atoms with van der Waals surface area (Å²) in [5, 5.41) is 0. The highest BCUT2D eigenvalue weighted by Gasteiger charge is 2.34. The number of halogens is 4. The summed E-state index contributed by atoms with van der Waals surface area (Å²) in [5.41, 5.74) is 1.47. The fraction of sp³-hybridized carbons (Fsp3) is 0.250. The molecule has 0 atom stereocenters. The molecule has 0 amide bonds. The van der Waals surface area contributed by atoms with Gasteiger partial charge in [-0.3, -0.25) is 0 Å². The van der Waals surface area contributed by atoms with Crippen molar-refractivity contribution >= 4 is 11.6 Å². The van der Waals surface area contributed by atoms with Crippen molar-refractivity contribution in [2.45, 2.75) is 25.6 Å². The van der Waals surface area contributed by atoms with Crippen LogP contribution >= 0.6 is 11.6 Å². The molecule has 2 aromatic carbocycles. The molecular weight excluding hydrogens is 301 g/mol. The van der Waals surface area contributed by atoms with Crippen LogP contribution in [0.3, 0.4) is 0 Å². The molecule has 0 heterocycles. The summed E-state index contributed by atoms with van der Waals surface area (Å²) < 4.78 is 44.4. The van der Waals surface area contributed by atoms with Crippen LogP contribution in [-0.2, 0) is 18.7 Å². The lowest BCUT2D eigenvalue weighted by molar-refractivity contribution is -0.139. The Kier molecular flexibility index (Phi) is 4.78. The van der Waals surface area contributed by atoms with Gasteiger partial charge >= 0.3 is 6.18 Å². The third-order valence-corrected chi connectivity index (χ3v) is 3.29. The number of benzene rings is 2. The first kappa shape index (κ1) is 15.7. The van der Waals surface area contributed by atoms with Gasteiger partial charge in [0, 0.05) is 5.88 Å². The van der Waals surface area contributed by atoms with Gasteiger partial charge in [0.1, 0.15) is 12.4 Å². The lowest BCUT2D eigenvalue weighted by atomic mass is 10.1. The lowest BCUT2D eigenvalue weighted by Gasteiger charge is -2.15. The third kappa shape index (κ3) is 4.14. The first-order valence-corrected chi connectivity index (χ1v) is 6.88. The normalized spacial score (nSPS) is 11.5. The van der Waals surface area contributed by atoms with Crippen molar-refractivity contribution in [2.24, 2.45) is 0 Å². The van der Waals surface area contributed by atoms with E-state index in [1.165, 1.54) is 12.1 Å². The van der Waals surface area contributed by atoms with Crippen LogP contribution in [0.5, 0.6) is 5.75 Å². The van der Waals surface area contributed by atoms with Crippen molar-refractivity contribution < 1.29 is 17.9 Å². The zero-order valence-electron chi connectivity index (χ0n) is 11.4. The standard InChI is InChI=1S/C16H14ClF3O/c1-11-3-2-4-13(7-11)10-21-15-6-5-12(9-17)8-14(15)16(18,19)20/h2-8H,9-10H2,1H3. The maximum atomic E-state index is 13.0. The molecule has 0 unspecified atom stereocenters. The van der Waals surface area contributed by atoms with Crippen molar-refractivity contribution in [3.8, 4) is 5.75 Å². The van der Waals surface area contributed by atoms with Crippen LogP contribution in [0.25, 0.3) is 0 Å². The average molecular weight is 315 g/mol. The highest BCUT2D eigenvalue weighted by Crippen LogP contribution is 2.37. The maximum absolute atomic E-state index is 13.0. The second kappa shape index (κ2) is 6.39. The van der Waals surface area contributed by atoms with Gasteiger partial charge in [0.05, 0.1) is 5.56 Å². The Bertz CT molecular complexity index is 623. The van der Waals surface area contributed by atoms with E-state index >= 15 is 0 Å². The van der Waals surface area contributed by atoms with Crippen molar-refractivity contribution in [1.82, 2.24) is 0 Å². The summed E-state index contributed by atoms with van der Waals surface area (Å²) in [6, 6.07) is 11.3. The minimum atomic E-state index is -4.47. The Morgan fingerprint density at radius 2 is 1.81 bits per heavy atom. The summed E-state index contributed by atoms with van der Waals surface area (Å²) in [5.74, 6) is -0.154. The number of aryl methyl sites for hydroxylation is 1. The Labute approximate surface area is 126 Å². The molecule has 0 fully saturated rings. The highest BCUT2D eigenvalue weighted by atomic mass is 35.5. The fourth-order valence-electron chi connectivity index (χ4n) is 1.97. The zero-order valence-corrected chi connectivity index (χ0v) is 12.1. The molecule has 0 radical (unpaired) electrons. The maximum Gasteiger partial charge on any atom is 0.419 e. The second-order valence-electron chi connectivity index (χ2n) is 4.74. The third-order valence-electron chi connectivity index (χ3n) is 2.98. The van der Waals surface area contributed by atoms with Gasteiger partial charge in [0.25, 0.3) is 0 Å². The minimum absolute atomic E-state index is 0.0290. The van der Waals surface area contributed by atoms with Crippen molar-refractivity contribution in [3.05, 3.63) is 64.7 Å². The highest BCUT2D eigenvalue weighted by molar-refractivity contribution is 6.17. The summed E-state index contributed by atoms with van der Waals surface area (Å²) in [4.78, 5) is 0. The summed E-state index contributed by atoms with van der Waals surface area (Å²) >= 11 is 5.58. The Morgan fingerprint density at radius 3 is 2.43 bits per heavy atom. The number of hydrogen-bond acceptors (Lipinski definition) is 1. The van der Waals surface area contributed by atoms with Gasteiger partial charge < -0.3 is 4.74 Å². The molecule has 2 rings (SSSR count). The van der Waals surface area contributed by atoms with E-state index in [0.717, 1.165) is 17.2 Å². The van der Waals surface area contributed by atoms with Gasteiger partial charge in [0.15, 0.2) is 0 Å². The molecule has 0 aliphatic rings. The summed E-state index contributed by atoms with van der Waals surface area (Å²) in [6.45, 7) is 2.00. The van der Waals surface area contributed by atoms with Gasteiger partial charge in [-0.15, -0.1) is 11.6 Å². The van der Waals surface area contributed by atoms with E-state index in [4.69, 9.17) is 16.3 Å². The van der Waals surface area contributed by atoms with E-state index in [2.05, 4.69) is 0 Å². The minimum Gasteiger partial charge on any atom is -0.488 e. The van der Waals surface area contributed by atoms with E-state index in [1.807, 2.05) is 31.2 Å². The van der Waals surface area contributed by atoms with Crippen LogP contribution in [0.2, 0.25) is 0 Å². The number of ether oxygens (including phenoxy) is 1. The topological polar surface area (TPSA) is 9.23 Å². The van der Waals surface area contributed by atoms with Crippen LogP contribution in [-0.4, -0.2) is 0 Å². The number of rotatable bonds is 4. The second-order valence-corrected chi connectivity index (χ2v) is 5.01. The molecule has 5 heteroatoms. The lowest BCUT2D eigenvalue weighted by Crippen LogP contribution is -2.09. The monoisotopic (exact) mass is 314 g/mol.